The summed E-state index contributed by atoms with van der Waals surface area (Å²) in [4.78, 5) is 74.6. The molecule has 2 aromatic carbocycles. The van der Waals surface area contributed by atoms with Crippen LogP contribution in [0.15, 0.2) is 120 Å². The van der Waals surface area contributed by atoms with Crippen LogP contribution in [0.3, 0.4) is 0 Å². The first-order valence-corrected chi connectivity index (χ1v) is 24.3. The van der Waals surface area contributed by atoms with Gasteiger partial charge in [-0.25, -0.2) is 34.6 Å². The van der Waals surface area contributed by atoms with Crippen molar-refractivity contribution < 1.29 is 14.6 Å². The SMILES string of the molecule is COCC(O)CN1CCC(c2ccc(Nc3nc(-c4cncnc4)cc4ccn(NC(=O)CN5CCC(c6ccc(Nc7nc(-c8cncnc8)cc8cc[nH]c(=O)c78)cc6C)CC5)c(=O)c34)cc2C)CC1. The molecule has 6 aromatic heterocycles. The number of aliphatic hydroxyl groups is 1. The van der Waals surface area contributed by atoms with Gasteiger partial charge in [0.05, 0.1) is 41.4 Å². The Morgan fingerprint density at radius 3 is 1.79 bits per heavy atom. The fraction of sp³-hybridized carbons (Fsp3) is 0.315. The van der Waals surface area contributed by atoms with E-state index in [0.29, 0.717) is 82.8 Å². The number of methoxy groups -OCH3 is 1. The first-order chi connectivity index (χ1) is 35.1. The minimum atomic E-state index is -0.497. The Hall–Kier alpha value is -7.77. The molecule has 368 valence electrons. The van der Waals surface area contributed by atoms with Crippen molar-refractivity contribution in [1.82, 2.24) is 49.4 Å². The van der Waals surface area contributed by atoms with Gasteiger partial charge in [-0.3, -0.25) is 24.7 Å². The van der Waals surface area contributed by atoms with Crippen LogP contribution in [0.4, 0.5) is 23.0 Å². The Bertz CT molecular complexity index is 3350. The number of aryl methyl sites for hydroxylation is 2. The number of aliphatic hydroxyl groups excluding tert-OH is 1. The van der Waals surface area contributed by atoms with Crippen LogP contribution in [0.25, 0.3) is 44.1 Å². The minimum absolute atomic E-state index is 0.129. The van der Waals surface area contributed by atoms with E-state index < -0.39 is 11.7 Å². The van der Waals surface area contributed by atoms with E-state index in [-0.39, 0.29) is 18.0 Å². The molecule has 8 heterocycles. The molecule has 2 aliphatic heterocycles. The number of amides is 1. The molecule has 18 nitrogen and oxygen atoms in total. The molecule has 8 aromatic rings. The Balaban J connectivity index is 0.802. The van der Waals surface area contributed by atoms with Crippen LogP contribution in [0, 0.1) is 13.8 Å². The zero-order chi connectivity index (χ0) is 49.7. The second-order valence-electron chi connectivity index (χ2n) is 18.9. The van der Waals surface area contributed by atoms with E-state index in [4.69, 9.17) is 14.7 Å². The summed E-state index contributed by atoms with van der Waals surface area (Å²) < 4.78 is 6.36. The van der Waals surface area contributed by atoms with Crippen molar-refractivity contribution in [3.8, 4) is 22.5 Å². The lowest BCUT2D eigenvalue weighted by atomic mass is 9.86. The molecule has 72 heavy (non-hydrogen) atoms. The van der Waals surface area contributed by atoms with Crippen LogP contribution in [0.5, 0.6) is 0 Å². The lowest BCUT2D eigenvalue weighted by Crippen LogP contribution is -2.42. The normalized spacial score (nSPS) is 15.4. The first-order valence-electron chi connectivity index (χ1n) is 24.3. The summed E-state index contributed by atoms with van der Waals surface area (Å²) in [6.45, 7) is 8.48. The number of H-pyrrole nitrogens is 1. The molecule has 2 saturated heterocycles. The summed E-state index contributed by atoms with van der Waals surface area (Å²) in [6, 6.07) is 19.8. The molecule has 1 atom stereocenters. The molecule has 10 rings (SSSR count). The van der Waals surface area contributed by atoms with Gasteiger partial charge >= 0.3 is 0 Å². The molecule has 0 radical (unpaired) electrons. The topological polar surface area (TPSA) is 221 Å². The van der Waals surface area contributed by atoms with Gasteiger partial charge in [-0.2, -0.15) is 0 Å². The number of nitrogens with zero attached hydrogens (tertiary/aromatic N) is 9. The molecule has 0 spiro atoms. The van der Waals surface area contributed by atoms with Crippen molar-refractivity contribution >= 4 is 50.5 Å². The molecule has 0 bridgehead atoms. The monoisotopic (exact) mass is 967 g/mol. The van der Waals surface area contributed by atoms with Gasteiger partial charge in [0.1, 0.15) is 24.3 Å². The summed E-state index contributed by atoms with van der Waals surface area (Å²) >= 11 is 0. The first kappa shape index (κ1) is 47.9. The van der Waals surface area contributed by atoms with Crippen molar-refractivity contribution in [1.29, 1.82) is 0 Å². The Labute approximate surface area is 415 Å². The number of benzene rings is 2. The van der Waals surface area contributed by atoms with Crippen molar-refractivity contribution in [2.24, 2.45) is 0 Å². The molecule has 0 saturated carbocycles. The fourth-order valence-corrected chi connectivity index (χ4v) is 10.3. The van der Waals surface area contributed by atoms with E-state index in [1.807, 2.05) is 30.3 Å². The Morgan fingerprint density at radius 1 is 0.722 bits per heavy atom. The highest BCUT2D eigenvalue weighted by Crippen LogP contribution is 2.35. The van der Waals surface area contributed by atoms with E-state index in [9.17, 15) is 19.5 Å². The van der Waals surface area contributed by atoms with Crippen molar-refractivity contribution in [3.05, 3.63) is 153 Å². The third-order valence-corrected chi connectivity index (χ3v) is 13.9. The highest BCUT2D eigenvalue weighted by molar-refractivity contribution is 5.96. The van der Waals surface area contributed by atoms with E-state index in [1.54, 1.807) is 50.4 Å². The number of nitrogens with one attached hydrogen (secondary N) is 4. The third-order valence-electron chi connectivity index (χ3n) is 13.9. The van der Waals surface area contributed by atoms with Crippen molar-refractivity contribution in [2.75, 3.05) is 69.0 Å². The van der Waals surface area contributed by atoms with E-state index >= 15 is 0 Å². The standard InChI is InChI=1S/C54H57N13O5/c1-33-20-41(60-51-49-37(8-14-59-53(49)70)22-46(62-51)39-24-55-31-56-25-39)4-6-45(33)36-11-17-66(18-12-36)29-48(69)64-67-19-13-38-23-47(40-26-57-32-58-27-40)63-52(50(38)54(67)71)61-42-5-7-44(34(2)21-42)35-9-15-65(16-10-35)28-43(68)30-72-3/h4-8,13-14,19-27,31-32,35-36,43,68H,9-12,15-18,28-30H2,1-3H3,(H,59,70)(H,60,62)(H,61,63)(H,64,69). The third kappa shape index (κ3) is 10.6. The summed E-state index contributed by atoms with van der Waals surface area (Å²) in [5.74, 6) is 1.18. The number of likely N-dealkylation sites (tertiary alicyclic amines) is 2. The zero-order valence-electron chi connectivity index (χ0n) is 40.5. The number of carbonyl (C=O) groups is 1. The number of carbonyl (C=O) groups excluding carboxylic acids is 1. The molecule has 0 aliphatic carbocycles. The number of hydrogen-bond donors (Lipinski definition) is 5. The Morgan fingerprint density at radius 2 is 1.25 bits per heavy atom. The zero-order valence-corrected chi connectivity index (χ0v) is 40.5. The Kier molecular flexibility index (Phi) is 14.2. The van der Waals surface area contributed by atoms with Gasteiger partial charge in [0.25, 0.3) is 17.0 Å². The summed E-state index contributed by atoms with van der Waals surface area (Å²) in [7, 11) is 1.60. The van der Waals surface area contributed by atoms with Crippen molar-refractivity contribution in [2.45, 2.75) is 57.5 Å². The van der Waals surface area contributed by atoms with Crippen LogP contribution in [0.1, 0.15) is 59.8 Å². The number of piperidine rings is 2. The minimum Gasteiger partial charge on any atom is -0.389 e. The number of aromatic nitrogens is 8. The van der Waals surface area contributed by atoms with Gasteiger partial charge in [0.15, 0.2) is 0 Å². The van der Waals surface area contributed by atoms with Gasteiger partial charge in [0.2, 0.25) is 0 Å². The van der Waals surface area contributed by atoms with Crippen LogP contribution < -0.4 is 27.2 Å². The van der Waals surface area contributed by atoms with E-state index in [1.165, 1.54) is 28.5 Å². The molecule has 5 N–H and O–H groups in total. The average molecular weight is 968 g/mol. The van der Waals surface area contributed by atoms with E-state index in [0.717, 1.165) is 72.2 Å². The molecule has 1 unspecified atom stereocenters. The molecular weight excluding hydrogens is 911 g/mol. The number of hydrogen-bond acceptors (Lipinski definition) is 15. The highest BCUT2D eigenvalue weighted by atomic mass is 16.5. The average Bonchev–Trinajstić information content (AvgIpc) is 3.38. The molecule has 2 aliphatic rings. The maximum atomic E-state index is 14.4. The van der Waals surface area contributed by atoms with Crippen LogP contribution in [-0.4, -0.2) is 119 Å². The highest BCUT2D eigenvalue weighted by Gasteiger charge is 2.26. The van der Waals surface area contributed by atoms with Gasteiger partial charge < -0.3 is 30.4 Å². The predicted molar refractivity (Wildman–Crippen MR) is 278 cm³/mol. The molecule has 1 amide bonds. The fourth-order valence-electron chi connectivity index (χ4n) is 10.3. The smallest absolute Gasteiger partial charge is 0.280 e. The summed E-state index contributed by atoms with van der Waals surface area (Å²) in [5, 5.41) is 19.3. The molecular formula is C54H57N13O5. The van der Waals surface area contributed by atoms with Crippen molar-refractivity contribution in [3.63, 3.8) is 0 Å². The van der Waals surface area contributed by atoms with Gasteiger partial charge in [-0.05, 0) is 159 Å². The van der Waals surface area contributed by atoms with Gasteiger partial charge in [-0.1, -0.05) is 12.1 Å². The lowest BCUT2D eigenvalue weighted by Gasteiger charge is -2.34. The number of pyridine rings is 4. The van der Waals surface area contributed by atoms with Crippen LogP contribution >= 0.6 is 0 Å². The second kappa shape index (κ2) is 21.3. The lowest BCUT2D eigenvalue weighted by molar-refractivity contribution is -0.118. The molecule has 2 fully saturated rings. The maximum Gasteiger partial charge on any atom is 0.280 e. The number of rotatable bonds is 15. The molecule has 18 heteroatoms. The number of ether oxygens (including phenoxy) is 1. The maximum absolute atomic E-state index is 14.4. The number of β-amino-alcohol motifs (C(OH)–C–C–N with tert-alkyl or cyclic N) is 1. The largest absolute Gasteiger partial charge is 0.389 e. The predicted octanol–water partition coefficient (Wildman–Crippen LogP) is 6.79. The van der Waals surface area contributed by atoms with E-state index in [2.05, 4.69) is 88.9 Å². The van der Waals surface area contributed by atoms with Crippen LogP contribution in [0.2, 0.25) is 0 Å². The summed E-state index contributed by atoms with van der Waals surface area (Å²) in [5.41, 5.74) is 11.2. The summed E-state index contributed by atoms with van der Waals surface area (Å²) in [6.07, 6.45) is 16.1. The van der Waals surface area contributed by atoms with Gasteiger partial charge in [-0.15, -0.1) is 0 Å². The van der Waals surface area contributed by atoms with Crippen LogP contribution in [-0.2, 0) is 9.53 Å². The number of fused-ring (bicyclic) bond motifs is 2. The quantitative estimate of drug-likeness (QED) is 0.0714. The number of aromatic amines is 1. The van der Waals surface area contributed by atoms with Gasteiger partial charge in [0, 0.05) is 73.3 Å². The second-order valence-corrected chi connectivity index (χ2v) is 18.9. The number of anilines is 4.